The zero-order valence-electron chi connectivity index (χ0n) is 17.9. The van der Waals surface area contributed by atoms with Crippen molar-refractivity contribution in [2.24, 2.45) is 11.8 Å². The number of carbonyl (C=O) groups excluding carboxylic acids is 2. The summed E-state index contributed by atoms with van der Waals surface area (Å²) < 4.78 is 29.6. The van der Waals surface area contributed by atoms with Crippen molar-refractivity contribution in [1.29, 1.82) is 0 Å². The molecule has 8 heteroatoms. The molecule has 7 nitrogen and oxygen atoms in total. The second-order valence-electron chi connectivity index (χ2n) is 8.87. The van der Waals surface area contributed by atoms with Crippen molar-refractivity contribution in [2.45, 2.75) is 32.5 Å². The number of hydrogen-bond donors (Lipinski definition) is 0. The number of pyridine rings is 1. The molecule has 1 aliphatic carbocycles. The van der Waals surface area contributed by atoms with Crippen LogP contribution in [0.2, 0.25) is 0 Å². The molecule has 1 aromatic heterocycles. The molecule has 1 aliphatic heterocycles. The number of carbonyl (C=O) groups is 2. The van der Waals surface area contributed by atoms with Crippen LogP contribution in [0, 0.1) is 17.7 Å². The summed E-state index contributed by atoms with van der Waals surface area (Å²) in [6, 6.07) is 8.97. The van der Waals surface area contributed by atoms with E-state index in [9.17, 15) is 14.0 Å². The number of piperidine rings is 1. The van der Waals surface area contributed by atoms with Crippen molar-refractivity contribution in [3.05, 3.63) is 47.8 Å². The molecule has 0 radical (unpaired) electrons. The number of halogens is 1. The molecule has 3 atom stereocenters. The Labute approximate surface area is 180 Å². The zero-order chi connectivity index (χ0) is 22.3. The van der Waals surface area contributed by atoms with Crippen LogP contribution in [0.5, 0.6) is 5.88 Å². The molecule has 2 aliphatic rings. The van der Waals surface area contributed by atoms with Crippen LogP contribution in [-0.4, -0.2) is 53.9 Å². The number of benzene rings is 1. The van der Waals surface area contributed by atoms with Gasteiger partial charge in [0.2, 0.25) is 5.88 Å². The van der Waals surface area contributed by atoms with Gasteiger partial charge in [0.05, 0.1) is 18.4 Å². The topological polar surface area (TPSA) is 78.0 Å². The summed E-state index contributed by atoms with van der Waals surface area (Å²) in [7, 11) is 1.30. The average Bonchev–Trinajstić information content (AvgIpc) is 3.14. The highest BCUT2D eigenvalue weighted by Gasteiger charge is 2.59. The Balaban J connectivity index is 1.47. The third-order valence-corrected chi connectivity index (χ3v) is 5.39. The third kappa shape index (κ3) is 4.62. The van der Waals surface area contributed by atoms with E-state index in [1.165, 1.54) is 19.2 Å². The Bertz CT molecular complexity index is 990. The van der Waals surface area contributed by atoms with E-state index in [0.29, 0.717) is 35.8 Å². The van der Waals surface area contributed by atoms with E-state index >= 15 is 0 Å². The lowest BCUT2D eigenvalue weighted by molar-refractivity contribution is 0.0252. The van der Waals surface area contributed by atoms with Crippen LogP contribution in [-0.2, 0) is 9.47 Å². The first-order chi connectivity index (χ1) is 14.6. The van der Waals surface area contributed by atoms with E-state index in [1.54, 1.807) is 29.2 Å². The van der Waals surface area contributed by atoms with Gasteiger partial charge in [-0.25, -0.2) is 19.0 Å². The number of esters is 1. The summed E-state index contributed by atoms with van der Waals surface area (Å²) in [5.74, 6) is -0.173. The van der Waals surface area contributed by atoms with Gasteiger partial charge in [-0.3, -0.25) is 0 Å². The Morgan fingerprint density at radius 1 is 1.10 bits per heavy atom. The summed E-state index contributed by atoms with van der Waals surface area (Å²) >= 11 is 0. The fourth-order valence-electron chi connectivity index (χ4n) is 3.83. The van der Waals surface area contributed by atoms with Crippen LogP contribution in [0.3, 0.4) is 0 Å². The number of fused-ring (bicyclic) bond motifs is 1. The van der Waals surface area contributed by atoms with Gasteiger partial charge in [-0.2, -0.15) is 0 Å². The van der Waals surface area contributed by atoms with Crippen LogP contribution in [0.25, 0.3) is 11.3 Å². The normalized spacial score (nSPS) is 22.0. The van der Waals surface area contributed by atoms with E-state index in [1.807, 2.05) is 20.8 Å². The van der Waals surface area contributed by atoms with Crippen LogP contribution in [0.15, 0.2) is 36.4 Å². The fraction of sp³-hybridized carbons (Fsp3) is 0.435. The van der Waals surface area contributed by atoms with Gasteiger partial charge in [0.25, 0.3) is 0 Å². The van der Waals surface area contributed by atoms with Gasteiger partial charge in [0, 0.05) is 36.6 Å². The van der Waals surface area contributed by atoms with Crippen molar-refractivity contribution < 1.29 is 28.2 Å². The van der Waals surface area contributed by atoms with Crippen LogP contribution >= 0.6 is 0 Å². The number of aromatic nitrogens is 1. The maximum Gasteiger partial charge on any atom is 0.410 e. The van der Waals surface area contributed by atoms with Crippen LogP contribution in [0.1, 0.15) is 31.1 Å². The van der Waals surface area contributed by atoms with Gasteiger partial charge in [-0.15, -0.1) is 0 Å². The molecule has 0 spiro atoms. The molecule has 164 valence electrons. The minimum atomic E-state index is -0.533. The predicted molar refractivity (Wildman–Crippen MR) is 110 cm³/mol. The number of methoxy groups -OCH3 is 1. The Morgan fingerprint density at radius 3 is 2.32 bits per heavy atom. The highest BCUT2D eigenvalue weighted by Crippen LogP contribution is 2.48. The molecular weight excluding hydrogens is 403 g/mol. The van der Waals surface area contributed by atoms with Gasteiger partial charge in [-0.05, 0) is 51.1 Å². The molecule has 0 N–H and O–H groups in total. The van der Waals surface area contributed by atoms with Crippen LogP contribution < -0.4 is 4.74 Å². The molecule has 2 heterocycles. The Morgan fingerprint density at radius 2 is 1.74 bits per heavy atom. The van der Waals surface area contributed by atoms with Gasteiger partial charge in [0.1, 0.15) is 17.5 Å². The number of ether oxygens (including phenoxy) is 3. The second kappa shape index (κ2) is 7.83. The minimum absolute atomic E-state index is 0.0832. The molecule has 1 unspecified atom stereocenters. The van der Waals surface area contributed by atoms with Gasteiger partial charge >= 0.3 is 12.1 Å². The molecule has 1 aromatic carbocycles. The summed E-state index contributed by atoms with van der Waals surface area (Å²) in [5, 5.41) is 0. The molecule has 1 amide bonds. The number of likely N-dealkylation sites (tertiary alicyclic amines) is 1. The van der Waals surface area contributed by atoms with Gasteiger partial charge < -0.3 is 19.1 Å². The minimum Gasteiger partial charge on any atom is -0.474 e. The van der Waals surface area contributed by atoms with Crippen molar-refractivity contribution in [3.63, 3.8) is 0 Å². The fourth-order valence-corrected chi connectivity index (χ4v) is 3.83. The predicted octanol–water partition coefficient (Wildman–Crippen LogP) is 3.92. The third-order valence-electron chi connectivity index (χ3n) is 5.39. The highest BCUT2D eigenvalue weighted by atomic mass is 19.1. The lowest BCUT2D eigenvalue weighted by Gasteiger charge is -2.26. The summed E-state index contributed by atoms with van der Waals surface area (Å²) in [6.07, 6.45) is -0.400. The Hall–Kier alpha value is -3.16. The molecule has 4 rings (SSSR count). The van der Waals surface area contributed by atoms with Crippen molar-refractivity contribution in [2.75, 3.05) is 20.2 Å². The molecular formula is C23H25FN2O5. The molecule has 2 fully saturated rings. The van der Waals surface area contributed by atoms with E-state index in [2.05, 4.69) is 4.98 Å². The number of nitrogens with zero attached hydrogens (tertiary/aromatic N) is 2. The molecule has 0 bridgehead atoms. The summed E-state index contributed by atoms with van der Waals surface area (Å²) in [4.78, 5) is 30.6. The quantitative estimate of drug-likeness (QED) is 0.687. The van der Waals surface area contributed by atoms with Crippen LogP contribution in [0.4, 0.5) is 9.18 Å². The first-order valence-electron chi connectivity index (χ1n) is 10.2. The zero-order valence-corrected chi connectivity index (χ0v) is 17.9. The number of hydrogen-bond acceptors (Lipinski definition) is 6. The largest absolute Gasteiger partial charge is 0.474 e. The lowest BCUT2D eigenvalue weighted by Crippen LogP contribution is -2.38. The van der Waals surface area contributed by atoms with Crippen molar-refractivity contribution >= 4 is 12.1 Å². The smallest absolute Gasteiger partial charge is 0.410 e. The monoisotopic (exact) mass is 428 g/mol. The molecule has 31 heavy (non-hydrogen) atoms. The number of rotatable bonds is 4. The number of amides is 1. The van der Waals surface area contributed by atoms with Crippen molar-refractivity contribution in [1.82, 2.24) is 9.88 Å². The van der Waals surface area contributed by atoms with Gasteiger partial charge in [-0.1, -0.05) is 0 Å². The van der Waals surface area contributed by atoms with E-state index < -0.39 is 11.6 Å². The Kier molecular flexibility index (Phi) is 5.33. The second-order valence-corrected chi connectivity index (χ2v) is 8.87. The lowest BCUT2D eigenvalue weighted by atomic mass is 10.1. The van der Waals surface area contributed by atoms with E-state index in [0.717, 1.165) is 0 Å². The van der Waals surface area contributed by atoms with E-state index in [-0.39, 0.29) is 29.9 Å². The first kappa shape index (κ1) is 21.1. The maximum absolute atomic E-state index is 13.3. The molecule has 1 saturated heterocycles. The molecule has 2 aromatic rings. The molecule has 1 saturated carbocycles. The van der Waals surface area contributed by atoms with E-state index in [4.69, 9.17) is 14.2 Å². The summed E-state index contributed by atoms with van der Waals surface area (Å²) in [6.45, 7) is 6.64. The summed E-state index contributed by atoms with van der Waals surface area (Å²) in [5.41, 5.74) is 0.908. The SMILES string of the molecule is COC(=O)c1cc(OC2[C@H]3CN(C(=O)OC(C)(C)C)C[C@@H]23)nc(-c2ccc(F)cc2)c1. The average molecular weight is 428 g/mol. The van der Waals surface area contributed by atoms with Crippen molar-refractivity contribution in [3.8, 4) is 17.1 Å². The standard InChI is InChI=1S/C23H25FN2O5/c1-23(2,3)31-22(28)26-11-16-17(12-26)20(16)30-19-10-14(21(27)29-4)9-18(25-19)13-5-7-15(24)8-6-13/h5-10,16-17,20H,11-12H2,1-4H3/t16-,17+,20?. The first-order valence-corrected chi connectivity index (χ1v) is 10.2. The highest BCUT2D eigenvalue weighted by molar-refractivity contribution is 5.91. The van der Waals surface area contributed by atoms with Gasteiger partial charge in [0.15, 0.2) is 0 Å². The maximum atomic E-state index is 13.3.